The zero-order valence-corrected chi connectivity index (χ0v) is 12.4. The SMILES string of the molecule is O=C(O)C(Cl)(Cl)Cl.O=C(O)C(Cl)(Cl)Cl.[Pd]. The van der Waals surface area contributed by atoms with Gasteiger partial charge in [-0.2, -0.15) is 0 Å². The molecule has 0 aliphatic heterocycles. The van der Waals surface area contributed by atoms with Crippen LogP contribution in [-0.2, 0) is 30.0 Å². The smallest absolute Gasteiger partial charge is 0.356 e. The van der Waals surface area contributed by atoms with Crippen LogP contribution in [0.5, 0.6) is 0 Å². The van der Waals surface area contributed by atoms with E-state index in [1.165, 1.54) is 0 Å². The van der Waals surface area contributed by atoms with Crippen molar-refractivity contribution in [1.82, 2.24) is 0 Å². The van der Waals surface area contributed by atoms with E-state index in [4.69, 9.17) is 79.8 Å². The van der Waals surface area contributed by atoms with Gasteiger partial charge in [0.05, 0.1) is 0 Å². The first-order chi connectivity index (χ1) is 5.89. The molecule has 0 aliphatic rings. The largest absolute Gasteiger partial charge is 0.478 e. The molecule has 0 aliphatic carbocycles. The van der Waals surface area contributed by atoms with Crippen LogP contribution >= 0.6 is 69.6 Å². The van der Waals surface area contributed by atoms with Crippen LogP contribution in [0.25, 0.3) is 0 Å². The Balaban J connectivity index is -0.000000180. The second kappa shape index (κ2) is 8.44. The Labute approximate surface area is 128 Å². The Bertz CT molecular complexity index is 196. The Morgan fingerprint density at radius 2 is 0.800 bits per heavy atom. The second-order valence-electron chi connectivity index (χ2n) is 1.61. The van der Waals surface area contributed by atoms with E-state index in [-0.39, 0.29) is 20.4 Å². The molecule has 0 saturated heterocycles. The van der Waals surface area contributed by atoms with Crippen LogP contribution in [0.2, 0.25) is 0 Å². The number of carboxylic acid groups (broad SMARTS) is 2. The van der Waals surface area contributed by atoms with Gasteiger partial charge in [0.2, 0.25) is 0 Å². The zero-order valence-electron chi connectivity index (χ0n) is 6.29. The van der Waals surface area contributed by atoms with E-state index in [2.05, 4.69) is 0 Å². The zero-order chi connectivity index (χ0) is 12.2. The van der Waals surface area contributed by atoms with Gasteiger partial charge in [-0.15, -0.1) is 0 Å². The summed E-state index contributed by atoms with van der Waals surface area (Å²) < 4.78 is -4.33. The minimum Gasteiger partial charge on any atom is -0.478 e. The van der Waals surface area contributed by atoms with Crippen molar-refractivity contribution in [3.8, 4) is 0 Å². The summed E-state index contributed by atoms with van der Waals surface area (Å²) in [6.45, 7) is 0. The van der Waals surface area contributed by atoms with Gasteiger partial charge in [0.15, 0.2) is 0 Å². The molecule has 0 aromatic rings. The molecule has 0 bridgehead atoms. The Hall–Kier alpha value is 1.34. The summed E-state index contributed by atoms with van der Waals surface area (Å²) in [7, 11) is 0. The van der Waals surface area contributed by atoms with E-state index in [1.54, 1.807) is 0 Å². The van der Waals surface area contributed by atoms with Crippen molar-refractivity contribution in [1.29, 1.82) is 0 Å². The Morgan fingerprint density at radius 3 is 0.800 bits per heavy atom. The predicted molar refractivity (Wildman–Crippen MR) is 55.9 cm³/mol. The molecule has 2 N–H and O–H groups in total. The predicted octanol–water partition coefficient (Wildman–Crippen LogP) is 2.88. The molecule has 15 heavy (non-hydrogen) atoms. The molecule has 0 aromatic heterocycles. The van der Waals surface area contributed by atoms with E-state index < -0.39 is 19.5 Å². The van der Waals surface area contributed by atoms with Crippen LogP contribution in [0, 0.1) is 0 Å². The molecule has 94 valence electrons. The van der Waals surface area contributed by atoms with Crippen LogP contribution in [0.4, 0.5) is 0 Å². The summed E-state index contributed by atoms with van der Waals surface area (Å²) in [5.74, 6) is -2.92. The molecule has 11 heteroatoms. The third-order valence-corrected chi connectivity index (χ3v) is 1.46. The summed E-state index contributed by atoms with van der Waals surface area (Å²) >= 11 is 28.8. The molecular formula is C4H2Cl6O4Pd. The van der Waals surface area contributed by atoms with Gasteiger partial charge in [0.25, 0.3) is 7.59 Å². The topological polar surface area (TPSA) is 74.6 Å². The average Bonchev–Trinajstić information content (AvgIpc) is 1.83. The maximum absolute atomic E-state index is 9.62. The fraction of sp³-hybridized carbons (Fsp3) is 0.500. The minimum atomic E-state index is -2.17. The van der Waals surface area contributed by atoms with Gasteiger partial charge >= 0.3 is 11.9 Å². The van der Waals surface area contributed by atoms with Gasteiger partial charge in [-0.3, -0.25) is 0 Å². The quantitative estimate of drug-likeness (QED) is 0.455. The van der Waals surface area contributed by atoms with Gasteiger partial charge in [0, 0.05) is 20.4 Å². The van der Waals surface area contributed by atoms with Crippen molar-refractivity contribution in [2.75, 3.05) is 0 Å². The van der Waals surface area contributed by atoms with Crippen LogP contribution < -0.4 is 0 Å². The molecular weight excluding hydrogens is 431 g/mol. The summed E-state index contributed by atoms with van der Waals surface area (Å²) in [5, 5.41) is 15.7. The first-order valence-corrected chi connectivity index (χ1v) is 4.76. The average molecular weight is 433 g/mol. The summed E-state index contributed by atoms with van der Waals surface area (Å²) in [6.07, 6.45) is 0. The van der Waals surface area contributed by atoms with Gasteiger partial charge in [-0.05, 0) is 0 Å². The number of hydrogen-bond acceptors (Lipinski definition) is 2. The molecule has 0 fully saturated rings. The number of carboxylic acids is 2. The van der Waals surface area contributed by atoms with E-state index in [9.17, 15) is 9.59 Å². The van der Waals surface area contributed by atoms with Crippen molar-refractivity contribution >= 4 is 81.5 Å². The number of halogens is 6. The summed E-state index contributed by atoms with van der Waals surface area (Å²) in [5.41, 5.74) is 0. The van der Waals surface area contributed by atoms with Gasteiger partial charge in [-0.25, -0.2) is 9.59 Å². The normalized spacial score (nSPS) is 10.5. The number of carbonyl (C=O) groups is 2. The second-order valence-corrected chi connectivity index (χ2v) is 6.17. The van der Waals surface area contributed by atoms with Gasteiger partial charge in [-0.1, -0.05) is 69.6 Å². The maximum Gasteiger partial charge on any atom is 0.356 e. The Morgan fingerprint density at radius 1 is 0.733 bits per heavy atom. The van der Waals surface area contributed by atoms with Crippen molar-refractivity contribution in [2.24, 2.45) is 0 Å². The first kappa shape index (κ1) is 21.6. The summed E-state index contributed by atoms with van der Waals surface area (Å²) in [6, 6.07) is 0. The molecule has 0 heterocycles. The van der Waals surface area contributed by atoms with E-state index in [1.807, 2.05) is 0 Å². The monoisotopic (exact) mass is 430 g/mol. The van der Waals surface area contributed by atoms with Crippen LogP contribution in [0.1, 0.15) is 0 Å². The molecule has 0 amide bonds. The van der Waals surface area contributed by atoms with Crippen LogP contribution in [0.3, 0.4) is 0 Å². The van der Waals surface area contributed by atoms with Gasteiger partial charge < -0.3 is 10.2 Å². The minimum absolute atomic E-state index is 0. The number of rotatable bonds is 0. The maximum atomic E-state index is 9.62. The number of aliphatic carboxylic acids is 2. The van der Waals surface area contributed by atoms with Crippen LogP contribution in [0.15, 0.2) is 0 Å². The Kier molecular flexibility index (Phi) is 12.2. The molecule has 0 atom stereocenters. The fourth-order valence-electron chi connectivity index (χ4n) is 0. The molecule has 0 aromatic carbocycles. The van der Waals surface area contributed by atoms with Gasteiger partial charge in [0.1, 0.15) is 0 Å². The molecule has 0 saturated carbocycles. The van der Waals surface area contributed by atoms with Crippen molar-refractivity contribution in [3.63, 3.8) is 0 Å². The van der Waals surface area contributed by atoms with Crippen molar-refractivity contribution < 1.29 is 40.2 Å². The molecule has 0 rings (SSSR count). The molecule has 0 unspecified atom stereocenters. The third-order valence-electron chi connectivity index (χ3n) is 0.485. The number of alkyl halides is 6. The fourth-order valence-corrected chi connectivity index (χ4v) is 0. The van der Waals surface area contributed by atoms with E-state index in [0.29, 0.717) is 0 Å². The standard InChI is InChI=1S/2C2HCl3O2.Pd/c2*3-2(4,5)1(6)7;/h2*(H,6,7);. The number of hydrogen-bond donors (Lipinski definition) is 2. The van der Waals surface area contributed by atoms with Crippen LogP contribution in [-0.4, -0.2) is 29.7 Å². The molecule has 4 nitrogen and oxygen atoms in total. The van der Waals surface area contributed by atoms with Crippen molar-refractivity contribution in [3.05, 3.63) is 0 Å². The van der Waals surface area contributed by atoms with E-state index >= 15 is 0 Å². The summed E-state index contributed by atoms with van der Waals surface area (Å²) in [4.78, 5) is 19.2. The first-order valence-electron chi connectivity index (χ1n) is 2.49. The molecule has 0 spiro atoms. The van der Waals surface area contributed by atoms with E-state index in [0.717, 1.165) is 0 Å². The van der Waals surface area contributed by atoms with Crippen molar-refractivity contribution in [2.45, 2.75) is 7.59 Å². The molecule has 0 radical (unpaired) electrons. The third kappa shape index (κ3) is 15.3.